The van der Waals surface area contributed by atoms with Crippen molar-refractivity contribution in [2.75, 3.05) is 0 Å². The van der Waals surface area contributed by atoms with Gasteiger partial charge >= 0.3 is 0 Å². The number of fused-ring (bicyclic) bond motifs is 1. The summed E-state index contributed by atoms with van der Waals surface area (Å²) in [5.41, 5.74) is 1.18. The Morgan fingerprint density at radius 2 is 1.93 bits per heavy atom. The number of nitrogens with zero attached hydrogens (tertiary/aromatic N) is 4. The van der Waals surface area contributed by atoms with Gasteiger partial charge in [0.2, 0.25) is 5.89 Å². The molecular weight excluding hydrogens is 380 g/mol. The first kappa shape index (κ1) is 16.2. The minimum absolute atomic E-state index is 0.380. The molecule has 0 aliphatic heterocycles. The van der Waals surface area contributed by atoms with Crippen molar-refractivity contribution in [3.63, 3.8) is 0 Å². The highest BCUT2D eigenvalue weighted by atomic mass is 32.2. The number of hydrogen-bond acceptors (Lipinski definition) is 8. The van der Waals surface area contributed by atoms with Gasteiger partial charge in [-0.2, -0.15) is 0 Å². The Labute approximate surface area is 162 Å². The van der Waals surface area contributed by atoms with Crippen LogP contribution in [0.1, 0.15) is 5.89 Å². The molecule has 27 heavy (non-hydrogen) atoms. The van der Waals surface area contributed by atoms with E-state index in [4.69, 9.17) is 8.83 Å². The van der Waals surface area contributed by atoms with Gasteiger partial charge in [0.25, 0.3) is 5.89 Å². The fourth-order valence-electron chi connectivity index (χ4n) is 2.64. The van der Waals surface area contributed by atoms with Crippen LogP contribution in [0.25, 0.3) is 32.3 Å². The number of aromatic nitrogens is 4. The molecule has 1 aromatic carbocycles. The first-order valence-electron chi connectivity index (χ1n) is 8.16. The van der Waals surface area contributed by atoms with Crippen molar-refractivity contribution in [3.05, 3.63) is 67.0 Å². The minimum Gasteiger partial charge on any atom is -0.459 e. The number of thioether (sulfide) groups is 1. The molecule has 0 spiro atoms. The third-order valence-electron chi connectivity index (χ3n) is 3.88. The highest BCUT2D eigenvalue weighted by molar-refractivity contribution is 7.98. The SMILES string of the molecule is c1ccc(-c2cc3c(SCc4nnc(-c5ccco5)o4)ncnc3s2)cc1. The quantitative estimate of drug-likeness (QED) is 0.297. The predicted octanol–water partition coefficient (Wildman–Crippen LogP) is 5.29. The van der Waals surface area contributed by atoms with Crippen molar-refractivity contribution in [3.8, 4) is 22.1 Å². The summed E-state index contributed by atoms with van der Waals surface area (Å²) in [6.07, 6.45) is 3.17. The standard InChI is InChI=1S/C19H12N4O2S2/c1-2-5-12(6-3-1)15-9-13-18(20-11-21-19(13)27-15)26-10-16-22-23-17(25-16)14-7-4-8-24-14/h1-9,11H,10H2. The van der Waals surface area contributed by atoms with Gasteiger partial charge in [0.05, 0.1) is 12.0 Å². The van der Waals surface area contributed by atoms with Gasteiger partial charge in [0.15, 0.2) is 5.76 Å². The molecule has 8 heteroatoms. The number of benzene rings is 1. The number of furan rings is 1. The molecule has 0 bridgehead atoms. The number of thiophene rings is 1. The molecular formula is C19H12N4O2S2. The van der Waals surface area contributed by atoms with Crippen LogP contribution in [0.3, 0.4) is 0 Å². The third kappa shape index (κ3) is 3.24. The molecule has 0 aliphatic carbocycles. The van der Waals surface area contributed by atoms with Crippen molar-refractivity contribution < 1.29 is 8.83 Å². The first-order chi connectivity index (χ1) is 13.4. The summed E-state index contributed by atoms with van der Waals surface area (Å²) in [6, 6.07) is 16.0. The van der Waals surface area contributed by atoms with Crippen LogP contribution >= 0.6 is 23.1 Å². The summed E-state index contributed by atoms with van der Waals surface area (Å²) in [4.78, 5) is 11.0. The first-order valence-corrected chi connectivity index (χ1v) is 9.96. The van der Waals surface area contributed by atoms with Gasteiger partial charge in [-0.15, -0.1) is 21.5 Å². The maximum absolute atomic E-state index is 5.66. The summed E-state index contributed by atoms with van der Waals surface area (Å²) in [5, 5.41) is 10.0. The molecule has 0 unspecified atom stereocenters. The highest BCUT2D eigenvalue weighted by Gasteiger charge is 2.14. The molecule has 4 heterocycles. The van der Waals surface area contributed by atoms with E-state index in [2.05, 4.69) is 38.4 Å². The monoisotopic (exact) mass is 392 g/mol. The molecule has 0 radical (unpaired) electrons. The van der Waals surface area contributed by atoms with Gasteiger partial charge in [-0.1, -0.05) is 42.1 Å². The van der Waals surface area contributed by atoms with Crippen LogP contribution in [0.4, 0.5) is 0 Å². The summed E-state index contributed by atoms with van der Waals surface area (Å²) in [5.74, 6) is 1.99. The molecule has 0 saturated heterocycles. The fraction of sp³-hybridized carbons (Fsp3) is 0.0526. The summed E-state index contributed by atoms with van der Waals surface area (Å²) < 4.78 is 10.9. The van der Waals surface area contributed by atoms with Crippen molar-refractivity contribution in [1.29, 1.82) is 0 Å². The van der Waals surface area contributed by atoms with Crippen molar-refractivity contribution in [2.24, 2.45) is 0 Å². The second kappa shape index (κ2) is 6.98. The Morgan fingerprint density at radius 1 is 1.00 bits per heavy atom. The van der Waals surface area contributed by atoms with E-state index >= 15 is 0 Å². The van der Waals surface area contributed by atoms with Crippen molar-refractivity contribution in [2.45, 2.75) is 10.8 Å². The van der Waals surface area contributed by atoms with Gasteiger partial charge in [-0.05, 0) is 23.8 Å². The topological polar surface area (TPSA) is 77.8 Å². The molecule has 0 atom stereocenters. The largest absolute Gasteiger partial charge is 0.459 e. The average molecular weight is 392 g/mol. The van der Waals surface area contributed by atoms with E-state index < -0.39 is 0 Å². The summed E-state index contributed by atoms with van der Waals surface area (Å²) in [6.45, 7) is 0. The number of rotatable bonds is 5. The lowest BCUT2D eigenvalue weighted by molar-refractivity contribution is 0.494. The zero-order chi connectivity index (χ0) is 18.1. The lowest BCUT2D eigenvalue weighted by atomic mass is 10.2. The van der Waals surface area contributed by atoms with E-state index in [1.807, 2.05) is 18.2 Å². The molecule has 0 fully saturated rings. The molecule has 0 aliphatic rings. The Hall–Kier alpha value is -2.97. The van der Waals surface area contributed by atoms with Crippen LogP contribution in [0.15, 0.2) is 75.0 Å². The van der Waals surface area contributed by atoms with E-state index in [-0.39, 0.29) is 0 Å². The molecule has 4 aromatic heterocycles. The second-order valence-electron chi connectivity index (χ2n) is 5.64. The molecule has 0 saturated carbocycles. The predicted molar refractivity (Wildman–Crippen MR) is 104 cm³/mol. The average Bonchev–Trinajstić information content (AvgIpc) is 3.47. The fourth-order valence-corrected chi connectivity index (χ4v) is 4.51. The normalized spacial score (nSPS) is 11.3. The Bertz CT molecular complexity index is 1180. The third-order valence-corrected chi connectivity index (χ3v) is 5.96. The van der Waals surface area contributed by atoms with Crippen molar-refractivity contribution >= 4 is 33.3 Å². The lowest BCUT2D eigenvalue weighted by Gasteiger charge is -1.98. The smallest absolute Gasteiger partial charge is 0.283 e. The molecule has 0 N–H and O–H groups in total. The number of hydrogen-bond donors (Lipinski definition) is 0. The molecule has 5 aromatic rings. The second-order valence-corrected chi connectivity index (χ2v) is 7.64. The molecule has 0 amide bonds. The van der Waals surface area contributed by atoms with Gasteiger partial charge in [0.1, 0.15) is 16.2 Å². The Balaban J connectivity index is 1.40. The summed E-state index contributed by atoms with van der Waals surface area (Å²) >= 11 is 3.21. The van der Waals surface area contributed by atoms with Gasteiger partial charge < -0.3 is 8.83 Å². The van der Waals surface area contributed by atoms with Gasteiger partial charge in [-0.25, -0.2) is 9.97 Å². The van der Waals surface area contributed by atoms with Crippen LogP contribution in [-0.2, 0) is 5.75 Å². The maximum atomic E-state index is 5.66. The highest BCUT2D eigenvalue weighted by Crippen LogP contribution is 2.36. The van der Waals surface area contributed by atoms with E-state index in [0.29, 0.717) is 23.3 Å². The molecule has 132 valence electrons. The van der Waals surface area contributed by atoms with E-state index in [1.165, 1.54) is 10.4 Å². The van der Waals surface area contributed by atoms with Crippen molar-refractivity contribution in [1.82, 2.24) is 20.2 Å². The van der Waals surface area contributed by atoms with Crippen LogP contribution in [0, 0.1) is 0 Å². The summed E-state index contributed by atoms with van der Waals surface area (Å²) in [7, 11) is 0. The van der Waals surface area contributed by atoms with E-state index in [9.17, 15) is 0 Å². The lowest BCUT2D eigenvalue weighted by Crippen LogP contribution is -1.85. The van der Waals surface area contributed by atoms with Gasteiger partial charge in [0, 0.05) is 10.3 Å². The molecule has 6 nitrogen and oxygen atoms in total. The van der Waals surface area contributed by atoms with E-state index in [0.717, 1.165) is 15.2 Å². The Morgan fingerprint density at radius 3 is 2.78 bits per heavy atom. The molecule has 5 rings (SSSR count). The van der Waals surface area contributed by atoms with Crippen LogP contribution in [-0.4, -0.2) is 20.2 Å². The van der Waals surface area contributed by atoms with Gasteiger partial charge in [-0.3, -0.25) is 0 Å². The zero-order valence-electron chi connectivity index (χ0n) is 13.9. The van der Waals surface area contributed by atoms with Crippen LogP contribution in [0.2, 0.25) is 0 Å². The van der Waals surface area contributed by atoms with Crippen LogP contribution in [0.5, 0.6) is 0 Å². The van der Waals surface area contributed by atoms with E-state index in [1.54, 1.807) is 47.8 Å². The zero-order valence-corrected chi connectivity index (χ0v) is 15.5. The minimum atomic E-state index is 0.380. The van der Waals surface area contributed by atoms with Crippen LogP contribution < -0.4 is 0 Å². The maximum Gasteiger partial charge on any atom is 0.283 e. The Kier molecular flexibility index (Phi) is 4.19.